The van der Waals surface area contributed by atoms with E-state index in [0.717, 1.165) is 5.76 Å². The van der Waals surface area contributed by atoms with Gasteiger partial charge in [0.2, 0.25) is 0 Å². The Morgan fingerprint density at radius 1 is 1.83 bits per heavy atom. The molecule has 6 heavy (non-hydrogen) atoms. The predicted molar refractivity (Wildman–Crippen MR) is 23.7 cm³/mol. The van der Waals surface area contributed by atoms with Gasteiger partial charge >= 0.3 is 0 Å². The lowest BCUT2D eigenvalue weighted by Crippen LogP contribution is -1.67. The Morgan fingerprint density at radius 3 is 2.83 bits per heavy atom. The third-order valence-electron chi connectivity index (χ3n) is 0.580. The van der Waals surface area contributed by atoms with Crippen LogP contribution >= 0.6 is 0 Å². The van der Waals surface area contributed by atoms with Gasteiger partial charge in [-0.25, -0.2) is 0 Å². The summed E-state index contributed by atoms with van der Waals surface area (Å²) in [5.41, 5.74) is 0. The number of hydrogen-bond donors (Lipinski definition) is 0. The van der Waals surface area contributed by atoms with Crippen molar-refractivity contribution in [2.24, 2.45) is 0 Å². The second-order valence-electron chi connectivity index (χ2n) is 1.08. The van der Waals surface area contributed by atoms with Crippen LogP contribution < -0.4 is 0 Å². The molecule has 0 fully saturated rings. The fraction of sp³-hybridized carbons (Fsp3) is 0. The van der Waals surface area contributed by atoms with Crippen LogP contribution in [0.2, 0.25) is 0 Å². The second kappa shape index (κ2) is 1.09. The molecule has 0 bridgehead atoms. The van der Waals surface area contributed by atoms with E-state index < -0.39 is 0 Å². The first kappa shape index (κ1) is 3.34. The summed E-state index contributed by atoms with van der Waals surface area (Å²) in [6.07, 6.45) is 3.61. The monoisotopic (exact) mass is 81.0 g/mol. The summed E-state index contributed by atoms with van der Waals surface area (Å²) >= 11 is 0. The Morgan fingerprint density at radius 2 is 2.67 bits per heavy atom. The standard InChI is InChI=1S/C5H5O/c1-5-3-2-4-6-5/h2-4H,1H2/q-1. The van der Waals surface area contributed by atoms with E-state index in [1.807, 2.05) is 6.08 Å². The Kier molecular flexibility index (Phi) is 0.607. The molecule has 0 amide bonds. The summed E-state index contributed by atoms with van der Waals surface area (Å²) in [5, 5.41) is 0. The van der Waals surface area contributed by atoms with Crippen molar-refractivity contribution < 1.29 is 4.74 Å². The van der Waals surface area contributed by atoms with Gasteiger partial charge in [0.05, 0.1) is 0 Å². The predicted octanol–water partition coefficient (Wildman–Crippen LogP) is 1.25. The first-order chi connectivity index (χ1) is 2.89. The van der Waals surface area contributed by atoms with Gasteiger partial charge < -0.3 is 4.74 Å². The zero-order chi connectivity index (χ0) is 4.41. The maximum absolute atomic E-state index is 4.72. The van der Waals surface area contributed by atoms with Crippen LogP contribution in [-0.4, -0.2) is 0 Å². The molecule has 0 aliphatic carbocycles. The average molecular weight is 81.1 g/mol. The van der Waals surface area contributed by atoms with Gasteiger partial charge in [0.25, 0.3) is 0 Å². The van der Waals surface area contributed by atoms with Gasteiger partial charge in [0.15, 0.2) is 0 Å². The van der Waals surface area contributed by atoms with Crippen molar-refractivity contribution in [1.82, 2.24) is 0 Å². The largest absolute Gasteiger partial charge is 0.569 e. The molecular formula is C5H5O-. The highest BCUT2D eigenvalue weighted by atomic mass is 16.5. The van der Waals surface area contributed by atoms with Gasteiger partial charge in [-0.1, -0.05) is 13.2 Å². The molecule has 1 nitrogen and oxygen atoms in total. The highest BCUT2D eigenvalue weighted by Gasteiger charge is 1.79. The third-order valence-corrected chi connectivity index (χ3v) is 0.580. The third kappa shape index (κ3) is 0.385. The minimum absolute atomic E-state index is 0.718. The number of ether oxygens (including phenoxy) is 1. The Hall–Kier alpha value is -0.850. The van der Waals surface area contributed by atoms with Crippen LogP contribution in [-0.2, 0) is 4.74 Å². The van der Waals surface area contributed by atoms with Crippen molar-refractivity contribution in [3.8, 4) is 0 Å². The quantitative estimate of drug-likeness (QED) is 0.399. The van der Waals surface area contributed by atoms with E-state index in [-0.39, 0.29) is 0 Å². The molecule has 0 spiro atoms. The maximum Gasteiger partial charge on any atom is 0.0134 e. The molecule has 1 rings (SSSR count). The summed E-state index contributed by atoms with van der Waals surface area (Å²) in [6.45, 7) is 5.11. The summed E-state index contributed by atoms with van der Waals surface area (Å²) in [6, 6.07) is 0. The summed E-state index contributed by atoms with van der Waals surface area (Å²) in [4.78, 5) is 0. The van der Waals surface area contributed by atoms with Crippen molar-refractivity contribution in [2.45, 2.75) is 0 Å². The van der Waals surface area contributed by atoms with E-state index in [1.54, 1.807) is 12.7 Å². The van der Waals surface area contributed by atoms with Crippen LogP contribution in [0, 0.1) is 6.61 Å². The van der Waals surface area contributed by atoms with Gasteiger partial charge in [0.1, 0.15) is 0 Å². The van der Waals surface area contributed by atoms with Crippen LogP contribution in [0.3, 0.4) is 0 Å². The van der Waals surface area contributed by atoms with E-state index >= 15 is 0 Å². The van der Waals surface area contributed by atoms with Gasteiger partial charge in [-0.05, 0) is 0 Å². The summed E-state index contributed by atoms with van der Waals surface area (Å²) in [7, 11) is 0. The van der Waals surface area contributed by atoms with E-state index in [0.29, 0.717) is 0 Å². The van der Waals surface area contributed by atoms with Crippen LogP contribution in [0.1, 0.15) is 0 Å². The highest BCUT2D eigenvalue weighted by Crippen LogP contribution is 2.06. The molecule has 0 N–H and O–H groups in total. The van der Waals surface area contributed by atoms with Crippen LogP contribution in [0.25, 0.3) is 0 Å². The first-order valence-corrected chi connectivity index (χ1v) is 1.75. The molecule has 0 aromatic heterocycles. The van der Waals surface area contributed by atoms with Crippen molar-refractivity contribution in [3.05, 3.63) is 31.1 Å². The Balaban J connectivity index is 2.59. The van der Waals surface area contributed by atoms with E-state index in [9.17, 15) is 0 Å². The van der Waals surface area contributed by atoms with Crippen molar-refractivity contribution in [2.75, 3.05) is 0 Å². The molecule has 1 heteroatoms. The number of hydrogen-bond acceptors (Lipinski definition) is 1. The summed E-state index contributed by atoms with van der Waals surface area (Å²) < 4.78 is 4.72. The SMILES string of the molecule is C=C1C=C[CH-]O1. The molecule has 1 heterocycles. The molecule has 0 saturated carbocycles. The second-order valence-corrected chi connectivity index (χ2v) is 1.08. The number of rotatable bonds is 0. The minimum atomic E-state index is 0.718. The highest BCUT2D eigenvalue weighted by molar-refractivity contribution is 5.16. The molecular weight excluding hydrogens is 76.1 g/mol. The Bertz CT molecular complexity index is 92.1. The lowest BCUT2D eigenvalue weighted by atomic mass is 10.5. The minimum Gasteiger partial charge on any atom is -0.569 e. The molecule has 1 aliphatic rings. The lowest BCUT2D eigenvalue weighted by molar-refractivity contribution is 0.344. The normalized spacial score (nSPS) is 17.0. The molecule has 1 aliphatic heterocycles. The van der Waals surface area contributed by atoms with E-state index in [2.05, 4.69) is 6.58 Å². The van der Waals surface area contributed by atoms with Crippen LogP contribution in [0.4, 0.5) is 0 Å². The van der Waals surface area contributed by atoms with Crippen molar-refractivity contribution in [1.29, 1.82) is 0 Å². The Labute approximate surface area is 36.9 Å². The van der Waals surface area contributed by atoms with Crippen molar-refractivity contribution >= 4 is 0 Å². The molecule has 0 aromatic rings. The smallest absolute Gasteiger partial charge is 0.0134 e. The number of allylic oxidation sites excluding steroid dienone is 1. The van der Waals surface area contributed by atoms with Gasteiger partial charge in [0, 0.05) is 5.76 Å². The first-order valence-electron chi connectivity index (χ1n) is 1.75. The average Bonchev–Trinajstić information content (AvgIpc) is 1.86. The molecule has 0 atom stereocenters. The molecule has 0 radical (unpaired) electrons. The fourth-order valence-electron chi connectivity index (χ4n) is 0.313. The van der Waals surface area contributed by atoms with Gasteiger partial charge in [-0.2, -0.15) is 12.2 Å². The van der Waals surface area contributed by atoms with E-state index in [4.69, 9.17) is 4.74 Å². The van der Waals surface area contributed by atoms with Crippen LogP contribution in [0.5, 0.6) is 0 Å². The summed E-state index contributed by atoms with van der Waals surface area (Å²) in [5.74, 6) is 0.718. The topological polar surface area (TPSA) is 9.23 Å². The molecule has 0 saturated heterocycles. The zero-order valence-corrected chi connectivity index (χ0v) is 3.35. The maximum atomic E-state index is 4.72. The lowest BCUT2D eigenvalue weighted by Gasteiger charge is -1.98. The fourth-order valence-corrected chi connectivity index (χ4v) is 0.313. The van der Waals surface area contributed by atoms with Crippen molar-refractivity contribution in [3.63, 3.8) is 0 Å². The van der Waals surface area contributed by atoms with E-state index in [1.165, 1.54) is 0 Å². The zero-order valence-electron chi connectivity index (χ0n) is 3.35. The molecule has 0 unspecified atom stereocenters. The molecule has 32 valence electrons. The van der Waals surface area contributed by atoms with Gasteiger partial charge in [-0.3, -0.25) is 0 Å². The van der Waals surface area contributed by atoms with Crippen LogP contribution in [0.15, 0.2) is 24.5 Å². The van der Waals surface area contributed by atoms with Gasteiger partial charge in [-0.15, -0.1) is 0 Å². The molecule has 0 aromatic carbocycles.